The molecule has 6 atom stereocenters. The summed E-state index contributed by atoms with van der Waals surface area (Å²) in [4.78, 5) is 17.7. The predicted octanol–water partition coefficient (Wildman–Crippen LogP) is 5.31. The topological polar surface area (TPSA) is 91.7 Å². The number of rotatable bonds is 6. The van der Waals surface area contributed by atoms with Gasteiger partial charge in [0.05, 0.1) is 19.6 Å². The van der Waals surface area contributed by atoms with Crippen molar-refractivity contribution in [3.8, 4) is 5.75 Å². The van der Waals surface area contributed by atoms with E-state index in [-0.39, 0.29) is 35.3 Å². The molecule has 7 heteroatoms. The molecule has 1 aromatic carbocycles. The maximum absolute atomic E-state index is 14.5. The number of nitrogens with one attached hydrogen (secondary N) is 1. The summed E-state index contributed by atoms with van der Waals surface area (Å²) in [5, 5.41) is 23.5. The van der Waals surface area contributed by atoms with E-state index in [9.17, 15) is 19.4 Å². The highest BCUT2D eigenvalue weighted by Crippen LogP contribution is 2.63. The maximum Gasteiger partial charge on any atom is 0.168 e. The number of benzene rings is 1. The molecule has 36 heavy (non-hydrogen) atoms. The molecule has 0 spiro atoms. The van der Waals surface area contributed by atoms with Crippen molar-refractivity contribution in [2.24, 2.45) is 23.2 Å². The normalized spacial score (nSPS) is 31.1. The molecule has 5 rings (SSSR count). The molecule has 0 radical (unpaired) electrons. The summed E-state index contributed by atoms with van der Waals surface area (Å²) in [5.41, 5.74) is 1.78. The second kappa shape index (κ2) is 9.69. The molecule has 4 unspecified atom stereocenters. The zero-order valence-electron chi connectivity index (χ0n) is 20.7. The second-order valence-electron chi connectivity index (χ2n) is 10.4. The zero-order chi connectivity index (χ0) is 25.4. The first-order valence-corrected chi connectivity index (χ1v) is 12.6. The summed E-state index contributed by atoms with van der Waals surface area (Å²) < 4.78 is 19.6. The molecular formula is C29H33FN2O4. The van der Waals surface area contributed by atoms with Crippen LogP contribution in [0.5, 0.6) is 5.75 Å². The third kappa shape index (κ3) is 4.09. The lowest BCUT2D eigenvalue weighted by molar-refractivity contribution is -0.127. The van der Waals surface area contributed by atoms with Crippen LogP contribution in [0.2, 0.25) is 0 Å². The van der Waals surface area contributed by atoms with Gasteiger partial charge in [0.1, 0.15) is 23.6 Å². The highest BCUT2D eigenvalue weighted by Gasteiger charge is 2.60. The number of anilines is 1. The Morgan fingerprint density at radius 3 is 2.86 bits per heavy atom. The monoisotopic (exact) mass is 492 g/mol. The Labute approximate surface area is 210 Å². The average Bonchev–Trinajstić information content (AvgIpc) is 3.10. The first-order valence-electron chi connectivity index (χ1n) is 12.6. The van der Waals surface area contributed by atoms with Gasteiger partial charge in [0, 0.05) is 23.3 Å². The first kappa shape index (κ1) is 24.5. The van der Waals surface area contributed by atoms with Gasteiger partial charge in [-0.05, 0) is 72.8 Å². The minimum absolute atomic E-state index is 0.00856. The number of hydrogen-bond acceptors (Lipinski definition) is 6. The summed E-state index contributed by atoms with van der Waals surface area (Å²) in [7, 11) is 1.57. The van der Waals surface area contributed by atoms with Crippen LogP contribution >= 0.6 is 0 Å². The predicted molar refractivity (Wildman–Crippen MR) is 135 cm³/mol. The number of fused-ring (bicyclic) bond motifs is 5. The average molecular weight is 493 g/mol. The van der Waals surface area contributed by atoms with Crippen molar-refractivity contribution < 1.29 is 24.1 Å². The standard InChI is InChI=1S/C29H33FN2O4/c1-29-14-13-19-18-5-3-7-24(30)20(18)10-11-22(19)27(29)21(23(16-33)28(29)35)6-4-8-26(34)32-25-12-9-17(36-2)15-31-25/h3-7,9,12,15-16,19,21-22,26-27,33-34H,8,10-11,13-14H2,1-2H3,(H,31,32)/b6-4-,23-16-/t19?,21-,22?,26?,27?,29+/m1/s1. The molecule has 0 saturated heterocycles. The summed E-state index contributed by atoms with van der Waals surface area (Å²) in [5.74, 6) is 1.23. The van der Waals surface area contributed by atoms with Crippen LogP contribution in [0.15, 0.2) is 60.5 Å². The molecule has 1 aromatic heterocycles. The molecule has 3 aliphatic carbocycles. The summed E-state index contributed by atoms with van der Waals surface area (Å²) in [6.45, 7) is 2.03. The van der Waals surface area contributed by atoms with Gasteiger partial charge in [0.25, 0.3) is 0 Å². The number of hydrogen-bond donors (Lipinski definition) is 3. The van der Waals surface area contributed by atoms with E-state index in [2.05, 4.69) is 10.3 Å². The van der Waals surface area contributed by atoms with Crippen LogP contribution in [0.25, 0.3) is 0 Å². The van der Waals surface area contributed by atoms with Crippen LogP contribution in [0, 0.1) is 29.0 Å². The quantitative estimate of drug-likeness (QED) is 0.219. The van der Waals surface area contributed by atoms with E-state index in [4.69, 9.17) is 4.74 Å². The highest BCUT2D eigenvalue weighted by atomic mass is 19.1. The van der Waals surface area contributed by atoms with E-state index in [1.807, 2.05) is 25.1 Å². The zero-order valence-corrected chi connectivity index (χ0v) is 20.7. The maximum atomic E-state index is 14.5. The van der Waals surface area contributed by atoms with Gasteiger partial charge >= 0.3 is 0 Å². The number of carbonyl (C=O) groups excluding carboxylic acids is 1. The van der Waals surface area contributed by atoms with Crippen molar-refractivity contribution in [1.29, 1.82) is 0 Å². The SMILES string of the molecule is COc1ccc(NC(O)C/C=C\[C@@H]2/C(=C/O)C(=O)[C@@]3(C)CCC4c5cccc(F)c5CCC4C23)nc1. The Morgan fingerprint density at radius 2 is 2.14 bits per heavy atom. The largest absolute Gasteiger partial charge is 0.515 e. The highest BCUT2D eigenvalue weighted by molar-refractivity contribution is 6.03. The van der Waals surface area contributed by atoms with Gasteiger partial charge in [-0.25, -0.2) is 9.37 Å². The van der Waals surface area contributed by atoms with Crippen LogP contribution in [-0.4, -0.2) is 34.3 Å². The number of ketones is 1. The lowest BCUT2D eigenvalue weighted by atomic mass is 9.54. The molecule has 3 aliphatic rings. The fraction of sp³-hybridized carbons (Fsp3) is 0.448. The van der Waals surface area contributed by atoms with Gasteiger partial charge < -0.3 is 20.3 Å². The van der Waals surface area contributed by atoms with Gasteiger partial charge in [0.15, 0.2) is 5.78 Å². The number of aliphatic hydroxyl groups is 2. The van der Waals surface area contributed by atoms with E-state index >= 15 is 0 Å². The molecule has 190 valence electrons. The number of allylic oxidation sites excluding steroid dienone is 2. The van der Waals surface area contributed by atoms with E-state index in [0.29, 0.717) is 36.4 Å². The fourth-order valence-corrected chi connectivity index (χ4v) is 6.96. The van der Waals surface area contributed by atoms with Crippen LogP contribution in [-0.2, 0) is 11.2 Å². The Kier molecular flexibility index (Phi) is 6.60. The Balaban J connectivity index is 1.36. The third-order valence-corrected chi connectivity index (χ3v) is 8.63. The van der Waals surface area contributed by atoms with E-state index in [0.717, 1.165) is 30.2 Å². The molecule has 2 saturated carbocycles. The van der Waals surface area contributed by atoms with E-state index < -0.39 is 11.6 Å². The van der Waals surface area contributed by atoms with Crippen LogP contribution in [0.1, 0.15) is 49.7 Å². The minimum atomic E-state index is -0.865. The molecular weight excluding hydrogens is 459 g/mol. The summed E-state index contributed by atoms with van der Waals surface area (Å²) in [6, 6.07) is 8.84. The number of methoxy groups -OCH3 is 1. The number of nitrogens with zero attached hydrogens (tertiary/aromatic N) is 1. The summed E-state index contributed by atoms with van der Waals surface area (Å²) >= 11 is 0. The van der Waals surface area contributed by atoms with Crippen molar-refractivity contribution in [2.45, 2.75) is 51.2 Å². The Bertz CT molecular complexity index is 1190. The number of halogens is 1. The van der Waals surface area contributed by atoms with Gasteiger partial charge in [0.2, 0.25) is 0 Å². The van der Waals surface area contributed by atoms with Crippen molar-refractivity contribution in [2.75, 3.05) is 12.4 Å². The number of ether oxygens (including phenoxy) is 1. The molecule has 6 nitrogen and oxygen atoms in total. The van der Waals surface area contributed by atoms with Crippen molar-refractivity contribution in [1.82, 2.24) is 4.98 Å². The molecule has 3 N–H and O–H groups in total. The lowest BCUT2D eigenvalue weighted by Gasteiger charge is -2.49. The Morgan fingerprint density at radius 1 is 1.31 bits per heavy atom. The lowest BCUT2D eigenvalue weighted by Crippen LogP contribution is -2.44. The van der Waals surface area contributed by atoms with Crippen molar-refractivity contribution >= 4 is 11.6 Å². The number of aliphatic hydroxyl groups excluding tert-OH is 2. The number of aromatic nitrogens is 1. The van der Waals surface area contributed by atoms with Crippen LogP contribution in [0.3, 0.4) is 0 Å². The van der Waals surface area contributed by atoms with Crippen molar-refractivity contribution in [3.63, 3.8) is 0 Å². The second-order valence-corrected chi connectivity index (χ2v) is 10.4. The van der Waals surface area contributed by atoms with Gasteiger partial charge in [-0.3, -0.25) is 4.79 Å². The number of Topliss-reactive ketones (excluding diaryl/α,β-unsaturated/α-hetero) is 1. The van der Waals surface area contributed by atoms with Crippen molar-refractivity contribution in [3.05, 3.63) is 77.5 Å². The minimum Gasteiger partial charge on any atom is -0.515 e. The van der Waals surface area contributed by atoms with E-state index in [1.54, 1.807) is 31.5 Å². The van der Waals surface area contributed by atoms with Gasteiger partial charge in [-0.2, -0.15) is 0 Å². The summed E-state index contributed by atoms with van der Waals surface area (Å²) in [6.07, 6.45) is 8.86. The van der Waals surface area contributed by atoms with Gasteiger partial charge in [-0.15, -0.1) is 0 Å². The smallest absolute Gasteiger partial charge is 0.168 e. The molecule has 0 bridgehead atoms. The van der Waals surface area contributed by atoms with Crippen LogP contribution < -0.4 is 10.1 Å². The molecule has 1 heterocycles. The first-order chi connectivity index (χ1) is 17.4. The van der Waals surface area contributed by atoms with Crippen LogP contribution in [0.4, 0.5) is 10.2 Å². The fourth-order valence-electron chi connectivity index (χ4n) is 6.96. The van der Waals surface area contributed by atoms with Gasteiger partial charge in [-0.1, -0.05) is 31.2 Å². The Hall–Kier alpha value is -3.19. The number of carbonyl (C=O) groups is 1. The van der Waals surface area contributed by atoms with E-state index in [1.165, 1.54) is 6.07 Å². The number of pyridine rings is 1. The molecule has 0 aliphatic heterocycles. The molecule has 0 amide bonds. The molecule has 2 fully saturated rings. The molecule has 2 aromatic rings. The third-order valence-electron chi connectivity index (χ3n) is 8.63.